The predicted molar refractivity (Wildman–Crippen MR) is 67.4 cm³/mol. The molecule has 1 saturated heterocycles. The van der Waals surface area contributed by atoms with Gasteiger partial charge in [0.25, 0.3) is 0 Å². The van der Waals surface area contributed by atoms with Crippen molar-refractivity contribution in [3.05, 3.63) is 24.3 Å². The molecule has 0 saturated carbocycles. The van der Waals surface area contributed by atoms with Gasteiger partial charge in [-0.25, -0.2) is 9.59 Å². The first-order valence-electron chi connectivity index (χ1n) is 5.82. The van der Waals surface area contributed by atoms with E-state index in [9.17, 15) is 9.59 Å². The third-order valence-corrected chi connectivity index (χ3v) is 2.33. The Hall–Kier alpha value is -1.62. The SMILES string of the molecule is C=C(CCC)C(=O)O.C=C(CCC1CO1)C(=O)O. The smallest absolute Gasteiger partial charge is 0.330 e. The van der Waals surface area contributed by atoms with Crippen molar-refractivity contribution in [1.29, 1.82) is 0 Å². The van der Waals surface area contributed by atoms with Gasteiger partial charge in [-0.1, -0.05) is 26.5 Å². The van der Waals surface area contributed by atoms with Crippen LogP contribution in [0.4, 0.5) is 0 Å². The zero-order valence-corrected chi connectivity index (χ0v) is 10.6. The van der Waals surface area contributed by atoms with E-state index in [4.69, 9.17) is 14.9 Å². The number of rotatable bonds is 7. The van der Waals surface area contributed by atoms with Gasteiger partial charge in [-0.3, -0.25) is 0 Å². The van der Waals surface area contributed by atoms with Crippen LogP contribution in [0.15, 0.2) is 24.3 Å². The molecule has 0 aromatic rings. The third-order valence-electron chi connectivity index (χ3n) is 2.33. The Balaban J connectivity index is 0.000000331. The fourth-order valence-corrected chi connectivity index (χ4v) is 1.09. The van der Waals surface area contributed by atoms with E-state index in [2.05, 4.69) is 13.2 Å². The minimum Gasteiger partial charge on any atom is -0.478 e. The van der Waals surface area contributed by atoms with Crippen molar-refractivity contribution in [2.75, 3.05) is 6.61 Å². The van der Waals surface area contributed by atoms with Gasteiger partial charge in [0.1, 0.15) is 0 Å². The normalized spacial score (nSPS) is 16.2. The number of hydrogen-bond acceptors (Lipinski definition) is 3. The van der Waals surface area contributed by atoms with E-state index in [1.165, 1.54) is 0 Å². The van der Waals surface area contributed by atoms with Crippen molar-refractivity contribution in [3.8, 4) is 0 Å². The van der Waals surface area contributed by atoms with Crippen molar-refractivity contribution in [2.45, 2.75) is 38.7 Å². The Bertz CT molecular complexity index is 328. The monoisotopic (exact) mass is 256 g/mol. The van der Waals surface area contributed by atoms with Crippen LogP contribution < -0.4 is 0 Å². The summed E-state index contributed by atoms with van der Waals surface area (Å²) in [6, 6.07) is 0. The highest BCUT2D eigenvalue weighted by Crippen LogP contribution is 2.17. The van der Waals surface area contributed by atoms with E-state index in [0.717, 1.165) is 19.4 Å². The molecule has 0 aliphatic carbocycles. The van der Waals surface area contributed by atoms with Crippen LogP contribution in [0.3, 0.4) is 0 Å². The molecule has 1 aliphatic rings. The lowest BCUT2D eigenvalue weighted by atomic mass is 10.1. The Labute approximate surface area is 107 Å². The van der Waals surface area contributed by atoms with Crippen molar-refractivity contribution in [1.82, 2.24) is 0 Å². The molecule has 1 unspecified atom stereocenters. The number of carbonyl (C=O) groups is 2. The summed E-state index contributed by atoms with van der Waals surface area (Å²) in [5.74, 6) is -1.78. The number of carboxylic acid groups (broad SMARTS) is 2. The summed E-state index contributed by atoms with van der Waals surface area (Å²) in [4.78, 5) is 20.2. The van der Waals surface area contributed by atoms with Gasteiger partial charge in [0.05, 0.1) is 12.7 Å². The molecule has 102 valence electrons. The van der Waals surface area contributed by atoms with E-state index in [1.807, 2.05) is 6.92 Å². The first-order chi connectivity index (χ1) is 8.38. The quantitative estimate of drug-likeness (QED) is 0.538. The fourth-order valence-electron chi connectivity index (χ4n) is 1.09. The molecule has 1 heterocycles. The van der Waals surface area contributed by atoms with Crippen LogP contribution in [-0.2, 0) is 14.3 Å². The highest BCUT2D eigenvalue weighted by Gasteiger charge is 2.22. The minimum atomic E-state index is -0.902. The molecular weight excluding hydrogens is 236 g/mol. The lowest BCUT2D eigenvalue weighted by molar-refractivity contribution is -0.133. The second-order valence-corrected chi connectivity index (χ2v) is 4.06. The average molecular weight is 256 g/mol. The number of aliphatic carboxylic acids is 2. The van der Waals surface area contributed by atoms with Gasteiger partial charge in [0, 0.05) is 11.1 Å². The molecule has 1 rings (SSSR count). The first-order valence-corrected chi connectivity index (χ1v) is 5.82. The molecule has 5 nitrogen and oxygen atoms in total. The van der Waals surface area contributed by atoms with Gasteiger partial charge in [-0.05, 0) is 19.3 Å². The van der Waals surface area contributed by atoms with Crippen LogP contribution in [0.25, 0.3) is 0 Å². The summed E-state index contributed by atoms with van der Waals surface area (Å²) >= 11 is 0. The zero-order chi connectivity index (χ0) is 14.1. The molecule has 0 bridgehead atoms. The molecule has 0 spiro atoms. The van der Waals surface area contributed by atoms with Crippen LogP contribution in [0.1, 0.15) is 32.6 Å². The third kappa shape index (κ3) is 8.52. The highest BCUT2D eigenvalue weighted by molar-refractivity contribution is 5.85. The summed E-state index contributed by atoms with van der Waals surface area (Å²) < 4.78 is 4.90. The molecule has 2 N–H and O–H groups in total. The van der Waals surface area contributed by atoms with E-state index < -0.39 is 11.9 Å². The topological polar surface area (TPSA) is 87.1 Å². The maximum atomic E-state index is 10.2. The molecule has 5 heteroatoms. The summed E-state index contributed by atoms with van der Waals surface area (Å²) in [5.41, 5.74) is 0.572. The van der Waals surface area contributed by atoms with Crippen LogP contribution in [0.2, 0.25) is 0 Å². The zero-order valence-electron chi connectivity index (χ0n) is 10.6. The molecule has 1 atom stereocenters. The lowest BCUT2D eigenvalue weighted by Gasteiger charge is -1.95. The summed E-state index contributed by atoms with van der Waals surface area (Å²) in [7, 11) is 0. The second kappa shape index (κ2) is 8.47. The molecule has 0 aromatic carbocycles. The number of epoxide rings is 1. The van der Waals surface area contributed by atoms with E-state index in [-0.39, 0.29) is 5.57 Å². The highest BCUT2D eigenvalue weighted by atomic mass is 16.6. The Morgan fingerprint density at radius 2 is 1.61 bits per heavy atom. The first kappa shape index (κ1) is 16.4. The van der Waals surface area contributed by atoms with Crippen molar-refractivity contribution >= 4 is 11.9 Å². The lowest BCUT2D eigenvalue weighted by Crippen LogP contribution is -1.99. The summed E-state index contributed by atoms with van der Waals surface area (Å²) in [6.45, 7) is 9.45. The number of hydrogen-bond donors (Lipinski definition) is 2. The van der Waals surface area contributed by atoms with Crippen molar-refractivity contribution in [2.24, 2.45) is 0 Å². The van der Waals surface area contributed by atoms with Gasteiger partial charge >= 0.3 is 11.9 Å². The molecule has 18 heavy (non-hydrogen) atoms. The van der Waals surface area contributed by atoms with Gasteiger partial charge < -0.3 is 14.9 Å². The number of carboxylic acids is 2. The predicted octanol–water partition coefficient (Wildman–Crippen LogP) is 2.23. The Morgan fingerprint density at radius 3 is 1.89 bits per heavy atom. The van der Waals surface area contributed by atoms with Gasteiger partial charge in [-0.2, -0.15) is 0 Å². The second-order valence-electron chi connectivity index (χ2n) is 4.06. The van der Waals surface area contributed by atoms with Crippen LogP contribution in [0.5, 0.6) is 0 Å². The summed E-state index contributed by atoms with van der Waals surface area (Å²) in [5, 5.41) is 16.6. The Kier molecular flexibility index (Phi) is 7.71. The Morgan fingerprint density at radius 1 is 1.17 bits per heavy atom. The molecule has 0 radical (unpaired) electrons. The van der Waals surface area contributed by atoms with E-state index >= 15 is 0 Å². The van der Waals surface area contributed by atoms with E-state index in [1.54, 1.807) is 0 Å². The maximum absolute atomic E-state index is 10.2. The largest absolute Gasteiger partial charge is 0.478 e. The fraction of sp³-hybridized carbons (Fsp3) is 0.538. The minimum absolute atomic E-state index is 0.274. The average Bonchev–Trinajstić information content (AvgIpc) is 3.10. The van der Waals surface area contributed by atoms with Crippen LogP contribution >= 0.6 is 0 Å². The van der Waals surface area contributed by atoms with Gasteiger partial charge in [0.15, 0.2) is 0 Å². The molecule has 0 amide bonds. The van der Waals surface area contributed by atoms with Gasteiger partial charge in [-0.15, -0.1) is 0 Å². The summed E-state index contributed by atoms with van der Waals surface area (Å²) in [6.07, 6.45) is 3.09. The standard InChI is InChI=1S/C7H10O3.C6H10O2/c1-5(7(8)9)2-3-6-4-10-6;1-3-4-5(2)6(7)8/h6H,1-4H2,(H,8,9);2-4H2,1H3,(H,7,8). The maximum Gasteiger partial charge on any atom is 0.330 e. The van der Waals surface area contributed by atoms with Crippen molar-refractivity contribution in [3.63, 3.8) is 0 Å². The van der Waals surface area contributed by atoms with Crippen molar-refractivity contribution < 1.29 is 24.5 Å². The molecule has 1 fully saturated rings. The molecule has 0 aromatic heterocycles. The van der Waals surface area contributed by atoms with Crippen LogP contribution in [0, 0.1) is 0 Å². The van der Waals surface area contributed by atoms with Gasteiger partial charge in [0.2, 0.25) is 0 Å². The van der Waals surface area contributed by atoms with E-state index in [0.29, 0.717) is 24.5 Å². The molecule has 1 aliphatic heterocycles. The molecular formula is C13H20O5. The van der Waals surface area contributed by atoms with Crippen LogP contribution in [-0.4, -0.2) is 34.9 Å². The number of ether oxygens (including phenoxy) is 1.